The lowest BCUT2D eigenvalue weighted by Crippen LogP contribution is -2.41. The molecule has 0 aliphatic carbocycles. The fraction of sp³-hybridized carbons (Fsp3) is 0.412. The van der Waals surface area contributed by atoms with Crippen LogP contribution in [0.5, 0.6) is 0 Å². The van der Waals surface area contributed by atoms with E-state index in [1.54, 1.807) is 18.1 Å². The molecule has 0 saturated carbocycles. The molecule has 0 spiro atoms. The third kappa shape index (κ3) is 4.72. The zero-order valence-corrected chi connectivity index (χ0v) is 15.3. The summed E-state index contributed by atoms with van der Waals surface area (Å²) in [4.78, 5) is 20.3. The first-order valence-corrected chi connectivity index (χ1v) is 8.13. The molecule has 1 atom stereocenters. The Morgan fingerprint density at radius 3 is 2.50 bits per heavy atom. The van der Waals surface area contributed by atoms with E-state index >= 15 is 0 Å². The zero-order valence-electron chi connectivity index (χ0n) is 14.5. The van der Waals surface area contributed by atoms with Crippen LogP contribution in [0.15, 0.2) is 36.7 Å². The number of aromatic nitrogens is 2. The molecule has 0 bridgehead atoms. The first kappa shape index (κ1) is 18.3. The van der Waals surface area contributed by atoms with Gasteiger partial charge >= 0.3 is 6.03 Å². The summed E-state index contributed by atoms with van der Waals surface area (Å²) in [6.45, 7) is 0.973. The molecule has 7 heteroatoms. The van der Waals surface area contributed by atoms with Crippen molar-refractivity contribution in [2.45, 2.75) is 12.6 Å². The summed E-state index contributed by atoms with van der Waals surface area (Å²) in [5.74, 6) is 0.842. The van der Waals surface area contributed by atoms with E-state index < -0.39 is 0 Å². The Bertz CT molecular complexity index is 668. The van der Waals surface area contributed by atoms with Crippen LogP contribution in [0.25, 0.3) is 0 Å². The van der Waals surface area contributed by atoms with Crippen LogP contribution < -0.4 is 5.32 Å². The third-order valence-electron chi connectivity index (χ3n) is 3.97. The minimum Gasteiger partial charge on any atom is -0.337 e. The predicted octanol–water partition coefficient (Wildman–Crippen LogP) is 2.52. The van der Waals surface area contributed by atoms with Gasteiger partial charge in [0.2, 0.25) is 0 Å². The quantitative estimate of drug-likeness (QED) is 0.871. The summed E-state index contributed by atoms with van der Waals surface area (Å²) < 4.78 is 1.90. The molecule has 1 aromatic heterocycles. The van der Waals surface area contributed by atoms with E-state index in [0.29, 0.717) is 18.1 Å². The van der Waals surface area contributed by atoms with Crippen LogP contribution in [-0.4, -0.2) is 53.1 Å². The van der Waals surface area contributed by atoms with Crippen LogP contribution in [-0.2, 0) is 13.6 Å². The number of likely N-dealkylation sites (N-methyl/N-ethyl adjacent to an activating group) is 1. The molecule has 6 nitrogen and oxygen atoms in total. The second kappa shape index (κ2) is 8.17. The molecule has 0 saturated heterocycles. The third-order valence-corrected chi connectivity index (χ3v) is 4.22. The molecule has 0 fully saturated rings. The van der Waals surface area contributed by atoms with Gasteiger partial charge in [-0.15, -0.1) is 0 Å². The lowest BCUT2D eigenvalue weighted by Gasteiger charge is -2.26. The van der Waals surface area contributed by atoms with Gasteiger partial charge in [-0.25, -0.2) is 9.78 Å². The number of urea groups is 1. The second-order valence-corrected chi connectivity index (χ2v) is 6.46. The van der Waals surface area contributed by atoms with E-state index in [4.69, 9.17) is 11.6 Å². The number of halogens is 1. The number of nitrogens with zero attached hydrogens (tertiary/aromatic N) is 4. The second-order valence-electron chi connectivity index (χ2n) is 6.03. The van der Waals surface area contributed by atoms with E-state index in [1.807, 2.05) is 56.2 Å². The number of imidazole rings is 1. The maximum Gasteiger partial charge on any atom is 0.317 e. The van der Waals surface area contributed by atoms with Gasteiger partial charge in [0.15, 0.2) is 0 Å². The van der Waals surface area contributed by atoms with Crippen molar-refractivity contribution in [3.8, 4) is 0 Å². The van der Waals surface area contributed by atoms with Crippen molar-refractivity contribution in [2.24, 2.45) is 7.05 Å². The summed E-state index contributed by atoms with van der Waals surface area (Å²) in [6.07, 6.45) is 3.59. The molecule has 0 radical (unpaired) electrons. The summed E-state index contributed by atoms with van der Waals surface area (Å²) in [5.41, 5.74) is 1.11. The van der Waals surface area contributed by atoms with Gasteiger partial charge in [-0.3, -0.25) is 0 Å². The molecule has 1 N–H and O–H groups in total. The van der Waals surface area contributed by atoms with Crippen LogP contribution >= 0.6 is 11.6 Å². The van der Waals surface area contributed by atoms with Crippen LogP contribution in [0, 0.1) is 0 Å². The number of rotatable bonds is 6. The molecule has 2 aromatic rings. The Balaban J connectivity index is 1.94. The van der Waals surface area contributed by atoms with Gasteiger partial charge < -0.3 is 19.7 Å². The number of amides is 2. The van der Waals surface area contributed by atoms with Gasteiger partial charge in [-0.1, -0.05) is 23.7 Å². The lowest BCUT2D eigenvalue weighted by atomic mass is 10.1. The van der Waals surface area contributed by atoms with Gasteiger partial charge in [-0.2, -0.15) is 0 Å². The molecule has 1 aromatic carbocycles. The normalized spacial score (nSPS) is 12.2. The summed E-state index contributed by atoms with van der Waals surface area (Å²) in [5, 5.41) is 3.69. The van der Waals surface area contributed by atoms with Gasteiger partial charge in [0.25, 0.3) is 0 Å². The van der Waals surface area contributed by atoms with Crippen molar-refractivity contribution in [3.05, 3.63) is 53.1 Å². The highest BCUT2D eigenvalue weighted by molar-refractivity contribution is 6.30. The number of hydrogen-bond acceptors (Lipinski definition) is 3. The molecule has 130 valence electrons. The fourth-order valence-corrected chi connectivity index (χ4v) is 2.56. The average Bonchev–Trinajstić information content (AvgIpc) is 2.93. The van der Waals surface area contributed by atoms with E-state index in [0.717, 1.165) is 11.4 Å². The molecular weight excluding hydrogens is 326 g/mol. The molecule has 2 rings (SSSR count). The van der Waals surface area contributed by atoms with E-state index in [1.165, 1.54) is 0 Å². The minimum atomic E-state index is -0.126. The lowest BCUT2D eigenvalue weighted by molar-refractivity contribution is 0.199. The largest absolute Gasteiger partial charge is 0.337 e. The van der Waals surface area contributed by atoms with Crippen LogP contribution in [0.3, 0.4) is 0 Å². The van der Waals surface area contributed by atoms with Crippen molar-refractivity contribution in [3.63, 3.8) is 0 Å². The molecule has 1 heterocycles. The summed E-state index contributed by atoms with van der Waals surface area (Å²) in [6, 6.07) is 7.64. The fourth-order valence-electron chi connectivity index (χ4n) is 2.44. The monoisotopic (exact) mass is 349 g/mol. The number of nitrogens with one attached hydrogen (secondary N) is 1. The standard InChI is InChI=1S/C17H24ClN5O/c1-21(2)15(13-5-7-14(18)8-6-13)11-20-17(24)23(4)12-16-19-9-10-22(16)3/h5-10,15H,11-12H2,1-4H3,(H,20,24). The van der Waals surface area contributed by atoms with Crippen LogP contribution in [0.2, 0.25) is 5.02 Å². The summed E-state index contributed by atoms with van der Waals surface area (Å²) in [7, 11) is 7.65. The number of carbonyl (C=O) groups excluding carboxylic acids is 1. The number of benzene rings is 1. The Hall–Kier alpha value is -2.05. The van der Waals surface area contributed by atoms with Crippen molar-refractivity contribution >= 4 is 17.6 Å². The van der Waals surface area contributed by atoms with Crippen molar-refractivity contribution in [2.75, 3.05) is 27.7 Å². The molecule has 0 aliphatic heterocycles. The summed E-state index contributed by atoms with van der Waals surface area (Å²) >= 11 is 5.95. The van der Waals surface area contributed by atoms with Crippen LogP contribution in [0.1, 0.15) is 17.4 Å². The molecule has 0 aliphatic rings. The zero-order chi connectivity index (χ0) is 17.7. The van der Waals surface area contributed by atoms with Crippen molar-refractivity contribution in [1.29, 1.82) is 0 Å². The smallest absolute Gasteiger partial charge is 0.317 e. The highest BCUT2D eigenvalue weighted by Gasteiger charge is 2.17. The first-order valence-electron chi connectivity index (χ1n) is 7.75. The maximum atomic E-state index is 12.3. The van der Waals surface area contributed by atoms with Crippen molar-refractivity contribution < 1.29 is 4.79 Å². The Morgan fingerprint density at radius 2 is 1.96 bits per heavy atom. The molecule has 1 unspecified atom stereocenters. The maximum absolute atomic E-state index is 12.3. The highest BCUT2D eigenvalue weighted by atomic mass is 35.5. The van der Waals surface area contributed by atoms with Crippen molar-refractivity contribution in [1.82, 2.24) is 24.7 Å². The van der Waals surface area contributed by atoms with E-state index in [2.05, 4.69) is 15.2 Å². The van der Waals surface area contributed by atoms with Gasteiger partial charge in [0.05, 0.1) is 12.6 Å². The van der Waals surface area contributed by atoms with Gasteiger partial charge in [0.1, 0.15) is 5.82 Å². The number of carbonyl (C=O) groups is 1. The topological polar surface area (TPSA) is 53.4 Å². The minimum absolute atomic E-state index is 0.0766. The predicted molar refractivity (Wildman–Crippen MR) is 96.0 cm³/mol. The molecular formula is C17H24ClN5O. The number of aryl methyl sites for hydroxylation is 1. The van der Waals surface area contributed by atoms with E-state index in [-0.39, 0.29) is 12.1 Å². The molecule has 2 amide bonds. The Morgan fingerprint density at radius 1 is 1.29 bits per heavy atom. The van der Waals surface area contributed by atoms with E-state index in [9.17, 15) is 4.79 Å². The first-order chi connectivity index (χ1) is 11.4. The average molecular weight is 350 g/mol. The Labute approximate surface area is 148 Å². The highest BCUT2D eigenvalue weighted by Crippen LogP contribution is 2.19. The van der Waals surface area contributed by atoms with Gasteiger partial charge in [-0.05, 0) is 31.8 Å². The number of hydrogen-bond donors (Lipinski definition) is 1. The Kier molecular flexibility index (Phi) is 6.23. The van der Waals surface area contributed by atoms with Gasteiger partial charge in [0, 0.05) is 38.1 Å². The van der Waals surface area contributed by atoms with Crippen LogP contribution in [0.4, 0.5) is 4.79 Å². The molecule has 24 heavy (non-hydrogen) atoms. The SMILES string of the molecule is CN(Cc1nccn1C)C(=O)NCC(c1ccc(Cl)cc1)N(C)C.